The summed E-state index contributed by atoms with van der Waals surface area (Å²) in [5.41, 5.74) is 4.97. The van der Waals surface area contributed by atoms with E-state index in [0.717, 1.165) is 33.0 Å². The smallest absolute Gasteiger partial charge is 0.335 e. The molecule has 0 aliphatic heterocycles. The summed E-state index contributed by atoms with van der Waals surface area (Å²) in [5.74, 6) is -0.773. The van der Waals surface area contributed by atoms with E-state index in [9.17, 15) is 9.59 Å². The molecule has 6 heteroatoms. The van der Waals surface area contributed by atoms with Crippen molar-refractivity contribution in [3.8, 4) is 11.1 Å². The number of benzene rings is 5. The highest BCUT2D eigenvalue weighted by atomic mass is 16.5. The van der Waals surface area contributed by atoms with Crippen LogP contribution in [0.3, 0.4) is 0 Å². The van der Waals surface area contributed by atoms with E-state index in [1.165, 1.54) is 12.1 Å². The summed E-state index contributed by atoms with van der Waals surface area (Å²) < 4.78 is 5.94. The van der Waals surface area contributed by atoms with E-state index in [2.05, 4.69) is 47.7 Å². The normalized spacial score (nSPS) is 11.9. The van der Waals surface area contributed by atoms with Crippen molar-refractivity contribution in [1.29, 1.82) is 0 Å². The molecule has 6 aromatic rings. The molecule has 6 nitrogen and oxygen atoms in total. The second-order valence-electron chi connectivity index (χ2n) is 9.84. The molecule has 0 saturated carbocycles. The Kier molecular flexibility index (Phi) is 6.58. The molecule has 1 heterocycles. The Morgan fingerprint density at radius 1 is 0.825 bits per heavy atom. The van der Waals surface area contributed by atoms with Crippen LogP contribution < -0.4 is 5.32 Å². The molecule has 1 atom stereocenters. The third-order valence-electron chi connectivity index (χ3n) is 7.28. The van der Waals surface area contributed by atoms with E-state index < -0.39 is 5.97 Å². The van der Waals surface area contributed by atoms with Crippen LogP contribution in [0.2, 0.25) is 0 Å². The molecule has 2 N–H and O–H groups in total. The highest BCUT2D eigenvalue weighted by molar-refractivity contribution is 6.09. The van der Waals surface area contributed by atoms with Crippen LogP contribution in [0.5, 0.6) is 0 Å². The summed E-state index contributed by atoms with van der Waals surface area (Å²) in [5, 5.41) is 19.5. The molecule has 0 saturated heterocycles. The molecule has 0 aliphatic carbocycles. The molecule has 196 valence electrons. The molecular weight excluding hydrogens is 500 g/mol. The predicted molar refractivity (Wildman–Crippen MR) is 155 cm³/mol. The number of hydrogen-bond donors (Lipinski definition) is 2. The summed E-state index contributed by atoms with van der Waals surface area (Å²) in [7, 11) is 0. The summed E-state index contributed by atoms with van der Waals surface area (Å²) in [6.45, 7) is 2.30. The number of nitrogens with one attached hydrogen (secondary N) is 1. The average Bonchev–Trinajstić information content (AvgIpc) is 3.43. The van der Waals surface area contributed by atoms with E-state index in [4.69, 9.17) is 9.63 Å². The van der Waals surface area contributed by atoms with Crippen LogP contribution in [0.1, 0.15) is 50.4 Å². The standard InChI is InChI=1S/C34H26N2O4/c1-21(26-16-15-24-9-5-6-10-27(24)17-26)32-31-29(33(37)35-20-22-11-13-25(14-12-22)34(38)39)18-28(19-30(31)36-40-32)23-7-3-2-4-8-23/h2-19,21H,20H2,1H3,(H,35,37)(H,38,39)/t21-/m1/s1. The lowest BCUT2D eigenvalue weighted by Crippen LogP contribution is -2.23. The largest absolute Gasteiger partial charge is 0.478 e. The van der Waals surface area contributed by atoms with E-state index in [0.29, 0.717) is 22.2 Å². The first kappa shape index (κ1) is 25.1. The second-order valence-corrected chi connectivity index (χ2v) is 9.84. The van der Waals surface area contributed by atoms with Gasteiger partial charge in [0, 0.05) is 12.5 Å². The molecule has 1 amide bonds. The maximum atomic E-state index is 13.7. The summed E-state index contributed by atoms with van der Waals surface area (Å²) in [6, 6.07) is 34.7. The molecule has 0 spiro atoms. The van der Waals surface area contributed by atoms with Crippen molar-refractivity contribution in [2.24, 2.45) is 0 Å². The minimum Gasteiger partial charge on any atom is -0.478 e. The Bertz CT molecular complexity index is 1860. The fourth-order valence-electron chi connectivity index (χ4n) is 5.04. The molecule has 5 aromatic carbocycles. The van der Waals surface area contributed by atoms with Crippen LogP contribution in [0.15, 0.2) is 114 Å². The number of amides is 1. The van der Waals surface area contributed by atoms with E-state index in [1.54, 1.807) is 12.1 Å². The Morgan fingerprint density at radius 3 is 2.30 bits per heavy atom. The molecule has 40 heavy (non-hydrogen) atoms. The third kappa shape index (κ3) is 4.83. The molecule has 0 unspecified atom stereocenters. The number of nitrogens with zero attached hydrogens (tertiary/aromatic N) is 1. The number of carbonyl (C=O) groups is 2. The van der Waals surface area contributed by atoms with Crippen molar-refractivity contribution in [2.45, 2.75) is 19.4 Å². The molecule has 0 fully saturated rings. The number of aromatic nitrogens is 1. The zero-order chi connectivity index (χ0) is 27.6. The molecule has 6 rings (SSSR count). The van der Waals surface area contributed by atoms with Gasteiger partial charge in [-0.15, -0.1) is 0 Å². The Balaban J connectivity index is 1.40. The maximum Gasteiger partial charge on any atom is 0.335 e. The third-order valence-corrected chi connectivity index (χ3v) is 7.28. The van der Waals surface area contributed by atoms with Gasteiger partial charge in [0.1, 0.15) is 5.52 Å². The Hall–Kier alpha value is -5.23. The summed E-state index contributed by atoms with van der Waals surface area (Å²) in [4.78, 5) is 24.9. The van der Waals surface area contributed by atoms with Gasteiger partial charge in [0.15, 0.2) is 5.76 Å². The fraction of sp³-hybridized carbons (Fsp3) is 0.0882. The van der Waals surface area contributed by atoms with Gasteiger partial charge in [-0.2, -0.15) is 0 Å². The van der Waals surface area contributed by atoms with Gasteiger partial charge in [-0.25, -0.2) is 4.79 Å². The van der Waals surface area contributed by atoms with Crippen molar-refractivity contribution in [3.63, 3.8) is 0 Å². The molecule has 1 aromatic heterocycles. The first-order valence-corrected chi connectivity index (χ1v) is 13.1. The number of fused-ring (bicyclic) bond motifs is 2. The molecule has 0 bridgehead atoms. The topological polar surface area (TPSA) is 92.4 Å². The Morgan fingerprint density at radius 2 is 1.55 bits per heavy atom. The SMILES string of the molecule is C[C@H](c1ccc2ccccc2c1)c1onc2cc(-c3ccccc3)cc(C(=O)NCc3ccc(C(=O)O)cc3)c12. The van der Waals surface area contributed by atoms with Crippen LogP contribution in [0.4, 0.5) is 0 Å². The van der Waals surface area contributed by atoms with Crippen LogP contribution in [0.25, 0.3) is 32.8 Å². The average molecular weight is 527 g/mol. The molecular formula is C34H26N2O4. The van der Waals surface area contributed by atoms with Gasteiger partial charge in [-0.05, 0) is 57.3 Å². The fourth-order valence-corrected chi connectivity index (χ4v) is 5.04. The lowest BCUT2D eigenvalue weighted by atomic mass is 9.91. The minimum absolute atomic E-state index is 0.146. The molecule has 0 radical (unpaired) electrons. The van der Waals surface area contributed by atoms with E-state index in [-0.39, 0.29) is 23.9 Å². The zero-order valence-corrected chi connectivity index (χ0v) is 21.8. The monoisotopic (exact) mass is 526 g/mol. The first-order chi connectivity index (χ1) is 19.5. The molecule has 0 aliphatic rings. The van der Waals surface area contributed by atoms with Gasteiger partial charge in [-0.1, -0.05) is 97.0 Å². The van der Waals surface area contributed by atoms with E-state index >= 15 is 0 Å². The summed E-state index contributed by atoms with van der Waals surface area (Å²) in [6.07, 6.45) is 0. The first-order valence-electron chi connectivity index (χ1n) is 13.1. The van der Waals surface area contributed by atoms with Crippen LogP contribution in [0, 0.1) is 0 Å². The van der Waals surface area contributed by atoms with Crippen molar-refractivity contribution < 1.29 is 19.2 Å². The van der Waals surface area contributed by atoms with Crippen LogP contribution in [-0.4, -0.2) is 22.1 Å². The highest BCUT2D eigenvalue weighted by Gasteiger charge is 2.24. The number of rotatable bonds is 7. The van der Waals surface area contributed by atoms with Crippen molar-refractivity contribution >= 4 is 33.6 Å². The van der Waals surface area contributed by atoms with Gasteiger partial charge < -0.3 is 14.9 Å². The maximum absolute atomic E-state index is 13.7. The zero-order valence-electron chi connectivity index (χ0n) is 21.8. The van der Waals surface area contributed by atoms with Crippen LogP contribution >= 0.6 is 0 Å². The van der Waals surface area contributed by atoms with Gasteiger partial charge in [-0.3, -0.25) is 4.79 Å². The summed E-state index contributed by atoms with van der Waals surface area (Å²) >= 11 is 0. The van der Waals surface area contributed by atoms with Gasteiger partial charge in [0.05, 0.1) is 16.5 Å². The van der Waals surface area contributed by atoms with Gasteiger partial charge >= 0.3 is 5.97 Å². The van der Waals surface area contributed by atoms with Crippen molar-refractivity contribution in [1.82, 2.24) is 10.5 Å². The number of carboxylic acids is 1. The Labute approximate surface area is 230 Å². The lowest BCUT2D eigenvalue weighted by molar-refractivity contribution is 0.0696. The van der Waals surface area contributed by atoms with E-state index in [1.807, 2.05) is 54.6 Å². The predicted octanol–water partition coefficient (Wildman–Crippen LogP) is 7.43. The van der Waals surface area contributed by atoms with Crippen molar-refractivity contribution in [3.05, 3.63) is 137 Å². The van der Waals surface area contributed by atoms with Crippen LogP contribution in [-0.2, 0) is 6.54 Å². The van der Waals surface area contributed by atoms with Gasteiger partial charge in [0.25, 0.3) is 5.91 Å². The van der Waals surface area contributed by atoms with Gasteiger partial charge in [0.2, 0.25) is 0 Å². The number of aromatic carboxylic acids is 1. The lowest BCUT2D eigenvalue weighted by Gasteiger charge is -2.13. The number of carbonyl (C=O) groups excluding carboxylic acids is 1. The minimum atomic E-state index is -0.990. The highest BCUT2D eigenvalue weighted by Crippen LogP contribution is 2.36. The number of hydrogen-bond acceptors (Lipinski definition) is 4. The quantitative estimate of drug-likeness (QED) is 0.226. The second kappa shape index (κ2) is 10.5. The number of carboxylic acid groups (broad SMARTS) is 1. The van der Waals surface area contributed by atoms with Crippen molar-refractivity contribution in [2.75, 3.05) is 0 Å².